The second-order valence-corrected chi connectivity index (χ2v) is 4.83. The number of nitrogens with zero attached hydrogens (tertiary/aromatic N) is 2. The van der Waals surface area contributed by atoms with Crippen LogP contribution in [-0.2, 0) is 19.1 Å². The summed E-state index contributed by atoms with van der Waals surface area (Å²) in [5, 5.41) is 8.83. The minimum atomic E-state index is -0.955. The van der Waals surface area contributed by atoms with E-state index in [4.69, 9.17) is 9.84 Å². The van der Waals surface area contributed by atoms with Crippen molar-refractivity contribution >= 4 is 17.8 Å². The third kappa shape index (κ3) is 4.20. The van der Waals surface area contributed by atoms with Gasteiger partial charge in [-0.05, 0) is 6.42 Å². The summed E-state index contributed by atoms with van der Waals surface area (Å²) in [5.41, 5.74) is 0. The summed E-state index contributed by atoms with van der Waals surface area (Å²) in [6.45, 7) is 0.562. The van der Waals surface area contributed by atoms with E-state index < -0.39 is 17.8 Å². The molecule has 7 nitrogen and oxygen atoms in total. The zero-order chi connectivity index (χ0) is 14.6. The largest absolute Gasteiger partial charge is 0.481 e. The zero-order valence-corrected chi connectivity index (χ0v) is 11.5. The lowest BCUT2D eigenvalue weighted by molar-refractivity contribution is -0.143. The number of carbonyl (C=O) groups excluding carboxylic acids is 2. The molecule has 1 saturated carbocycles. The van der Waals surface area contributed by atoms with Crippen LogP contribution in [0.15, 0.2) is 0 Å². The molecule has 0 heterocycles. The number of carbonyl (C=O) groups is 3. The highest BCUT2D eigenvalue weighted by molar-refractivity contribution is 5.91. The molecule has 1 aliphatic rings. The lowest BCUT2D eigenvalue weighted by Crippen LogP contribution is -2.43. The Labute approximate surface area is 112 Å². The van der Waals surface area contributed by atoms with Crippen LogP contribution in [0.2, 0.25) is 0 Å². The van der Waals surface area contributed by atoms with Gasteiger partial charge in [0, 0.05) is 27.7 Å². The fourth-order valence-corrected chi connectivity index (χ4v) is 1.75. The fourth-order valence-electron chi connectivity index (χ4n) is 1.75. The minimum Gasteiger partial charge on any atom is -0.481 e. The molecule has 0 bridgehead atoms. The molecule has 0 aromatic rings. The zero-order valence-electron chi connectivity index (χ0n) is 11.5. The van der Waals surface area contributed by atoms with Crippen LogP contribution >= 0.6 is 0 Å². The van der Waals surface area contributed by atoms with Gasteiger partial charge in [-0.3, -0.25) is 14.4 Å². The Balaban J connectivity index is 2.61. The molecule has 2 unspecified atom stereocenters. The second-order valence-electron chi connectivity index (χ2n) is 4.83. The van der Waals surface area contributed by atoms with Gasteiger partial charge in [0.25, 0.3) is 0 Å². The van der Waals surface area contributed by atoms with Gasteiger partial charge in [0.1, 0.15) is 0 Å². The van der Waals surface area contributed by atoms with Crippen molar-refractivity contribution < 1.29 is 24.2 Å². The number of hydrogen-bond acceptors (Lipinski definition) is 4. The first-order valence-corrected chi connectivity index (χ1v) is 6.09. The van der Waals surface area contributed by atoms with Crippen molar-refractivity contribution in [2.45, 2.75) is 6.42 Å². The maximum absolute atomic E-state index is 12.1. The third-order valence-corrected chi connectivity index (χ3v) is 3.13. The first-order valence-electron chi connectivity index (χ1n) is 6.09. The van der Waals surface area contributed by atoms with Crippen molar-refractivity contribution in [3.8, 4) is 0 Å². The quantitative estimate of drug-likeness (QED) is 0.660. The highest BCUT2D eigenvalue weighted by atomic mass is 16.5. The Morgan fingerprint density at radius 2 is 1.89 bits per heavy atom. The topological polar surface area (TPSA) is 87.2 Å². The van der Waals surface area contributed by atoms with Gasteiger partial charge in [0.05, 0.1) is 25.0 Å². The minimum absolute atomic E-state index is 0.0436. The number of carboxylic acid groups (broad SMARTS) is 1. The van der Waals surface area contributed by atoms with E-state index in [9.17, 15) is 14.4 Å². The standard InChI is InChI=1S/C12H20N2O5/c1-13(2)10(15)7-14(4-5-19-3)11(16)8-6-9(8)12(17)18/h8-9H,4-7H2,1-3H3,(H,17,18). The molecule has 0 aliphatic heterocycles. The van der Waals surface area contributed by atoms with Crippen LogP contribution in [-0.4, -0.2) is 73.6 Å². The summed E-state index contributed by atoms with van der Waals surface area (Å²) < 4.78 is 4.90. The van der Waals surface area contributed by atoms with Crippen LogP contribution in [0.3, 0.4) is 0 Å². The van der Waals surface area contributed by atoms with Crippen molar-refractivity contribution in [1.82, 2.24) is 9.80 Å². The normalized spacial score (nSPS) is 20.8. The average molecular weight is 272 g/mol. The molecule has 2 amide bonds. The summed E-state index contributed by atoms with van der Waals surface area (Å²) in [7, 11) is 4.73. The first-order chi connectivity index (χ1) is 8.88. The summed E-state index contributed by atoms with van der Waals surface area (Å²) in [4.78, 5) is 37.3. The maximum atomic E-state index is 12.1. The van der Waals surface area contributed by atoms with Gasteiger partial charge in [-0.2, -0.15) is 0 Å². The highest BCUT2D eigenvalue weighted by Gasteiger charge is 2.49. The summed E-state index contributed by atoms with van der Waals surface area (Å²) in [5.74, 6) is -2.53. The number of likely N-dealkylation sites (N-methyl/N-ethyl adjacent to an activating group) is 1. The Kier molecular flexibility index (Phi) is 5.29. The van der Waals surface area contributed by atoms with Gasteiger partial charge in [-0.1, -0.05) is 0 Å². The van der Waals surface area contributed by atoms with Crippen molar-refractivity contribution in [1.29, 1.82) is 0 Å². The van der Waals surface area contributed by atoms with E-state index in [0.717, 1.165) is 0 Å². The van der Waals surface area contributed by atoms with E-state index in [0.29, 0.717) is 13.0 Å². The second kappa shape index (κ2) is 6.51. The molecule has 7 heteroatoms. The van der Waals surface area contributed by atoms with Gasteiger partial charge >= 0.3 is 5.97 Å². The maximum Gasteiger partial charge on any atom is 0.307 e. The number of amides is 2. The van der Waals surface area contributed by atoms with Crippen molar-refractivity contribution in [3.63, 3.8) is 0 Å². The van der Waals surface area contributed by atoms with E-state index in [1.165, 1.54) is 16.9 Å². The van der Waals surface area contributed by atoms with Crippen LogP contribution in [0.1, 0.15) is 6.42 Å². The van der Waals surface area contributed by atoms with E-state index in [-0.39, 0.29) is 24.9 Å². The Morgan fingerprint density at radius 1 is 1.26 bits per heavy atom. The third-order valence-electron chi connectivity index (χ3n) is 3.13. The predicted molar refractivity (Wildman–Crippen MR) is 66.4 cm³/mol. The van der Waals surface area contributed by atoms with Gasteiger partial charge in [-0.15, -0.1) is 0 Å². The number of carboxylic acids is 1. The average Bonchev–Trinajstić information content (AvgIpc) is 3.13. The molecule has 0 aromatic carbocycles. The monoisotopic (exact) mass is 272 g/mol. The van der Waals surface area contributed by atoms with Crippen LogP contribution in [0, 0.1) is 11.8 Å². The first kappa shape index (κ1) is 15.4. The molecule has 2 atom stereocenters. The molecule has 1 N–H and O–H groups in total. The Morgan fingerprint density at radius 3 is 2.32 bits per heavy atom. The van der Waals surface area contributed by atoms with E-state index in [1.807, 2.05) is 0 Å². The molecular weight excluding hydrogens is 252 g/mol. The highest BCUT2D eigenvalue weighted by Crippen LogP contribution is 2.40. The van der Waals surface area contributed by atoms with Crippen LogP contribution < -0.4 is 0 Å². The molecule has 19 heavy (non-hydrogen) atoms. The molecule has 108 valence electrons. The van der Waals surface area contributed by atoms with Gasteiger partial charge in [0.15, 0.2) is 0 Å². The molecule has 0 aromatic heterocycles. The van der Waals surface area contributed by atoms with E-state index in [2.05, 4.69) is 0 Å². The Hall–Kier alpha value is -1.63. The summed E-state index contributed by atoms with van der Waals surface area (Å²) >= 11 is 0. The van der Waals surface area contributed by atoms with Gasteiger partial charge < -0.3 is 19.6 Å². The SMILES string of the molecule is COCCN(CC(=O)N(C)C)C(=O)C1CC1C(=O)O. The van der Waals surface area contributed by atoms with Crippen molar-refractivity contribution in [2.24, 2.45) is 11.8 Å². The van der Waals surface area contributed by atoms with Crippen LogP contribution in [0.25, 0.3) is 0 Å². The van der Waals surface area contributed by atoms with Crippen molar-refractivity contribution in [3.05, 3.63) is 0 Å². The smallest absolute Gasteiger partial charge is 0.307 e. The number of ether oxygens (including phenoxy) is 1. The van der Waals surface area contributed by atoms with E-state index in [1.54, 1.807) is 14.1 Å². The van der Waals surface area contributed by atoms with Crippen molar-refractivity contribution in [2.75, 3.05) is 40.9 Å². The summed E-state index contributed by atoms with van der Waals surface area (Å²) in [6, 6.07) is 0. The molecule has 0 spiro atoms. The predicted octanol–water partition coefficient (Wildman–Crippen LogP) is -0.730. The molecule has 1 aliphatic carbocycles. The molecule has 0 saturated heterocycles. The Bertz CT molecular complexity index is 369. The molecule has 1 fully saturated rings. The molecular formula is C12H20N2O5. The number of aliphatic carboxylic acids is 1. The number of methoxy groups -OCH3 is 1. The van der Waals surface area contributed by atoms with Crippen LogP contribution in [0.5, 0.6) is 0 Å². The van der Waals surface area contributed by atoms with Gasteiger partial charge in [-0.25, -0.2) is 0 Å². The summed E-state index contributed by atoms with van der Waals surface area (Å²) in [6.07, 6.45) is 0.355. The van der Waals surface area contributed by atoms with Crippen LogP contribution in [0.4, 0.5) is 0 Å². The number of rotatable bonds is 7. The fraction of sp³-hybridized carbons (Fsp3) is 0.750. The van der Waals surface area contributed by atoms with E-state index >= 15 is 0 Å². The molecule has 1 rings (SSSR count). The lowest BCUT2D eigenvalue weighted by Gasteiger charge is -2.23. The number of hydrogen-bond donors (Lipinski definition) is 1. The lowest BCUT2D eigenvalue weighted by atomic mass is 10.2. The molecule has 0 radical (unpaired) electrons. The van der Waals surface area contributed by atoms with Gasteiger partial charge in [0.2, 0.25) is 11.8 Å².